The van der Waals surface area contributed by atoms with Crippen LogP contribution in [0.5, 0.6) is 11.5 Å². The number of ether oxygens (including phenoxy) is 2. The highest BCUT2D eigenvalue weighted by Gasteiger charge is 2.33. The van der Waals surface area contributed by atoms with E-state index < -0.39 is 6.04 Å². The van der Waals surface area contributed by atoms with Crippen LogP contribution < -0.4 is 14.8 Å². The van der Waals surface area contributed by atoms with E-state index in [1.54, 1.807) is 18.1 Å². The lowest BCUT2D eigenvalue weighted by Crippen LogP contribution is -2.46. The van der Waals surface area contributed by atoms with Gasteiger partial charge >= 0.3 is 0 Å². The van der Waals surface area contributed by atoms with Gasteiger partial charge in [-0.2, -0.15) is 0 Å². The van der Waals surface area contributed by atoms with E-state index in [-0.39, 0.29) is 30.3 Å². The minimum Gasteiger partial charge on any atom is -0.493 e. The molecule has 0 radical (unpaired) electrons. The van der Waals surface area contributed by atoms with Crippen LogP contribution in [0.15, 0.2) is 42.5 Å². The fourth-order valence-corrected chi connectivity index (χ4v) is 4.81. The summed E-state index contributed by atoms with van der Waals surface area (Å²) in [5.74, 6) is 0.426. The SMILES string of the molecule is CCCOc1ccc(C(C(=O)NC2CCCCCC2)N(Cc2ccc(C)cc2)C(=O)CCl)cc1OC. The van der Waals surface area contributed by atoms with Gasteiger partial charge in [0.25, 0.3) is 0 Å². The van der Waals surface area contributed by atoms with Crippen molar-refractivity contribution in [2.75, 3.05) is 19.6 Å². The quantitative estimate of drug-likeness (QED) is 0.297. The maximum absolute atomic E-state index is 13.9. The molecule has 2 aromatic carbocycles. The third-order valence-corrected chi connectivity index (χ3v) is 6.86. The molecule has 1 unspecified atom stereocenters. The van der Waals surface area contributed by atoms with Gasteiger partial charge in [-0.25, -0.2) is 0 Å². The van der Waals surface area contributed by atoms with Crippen molar-refractivity contribution in [2.24, 2.45) is 0 Å². The average Bonchev–Trinajstić information content (AvgIpc) is 3.16. The van der Waals surface area contributed by atoms with Crippen LogP contribution in [0.4, 0.5) is 0 Å². The van der Waals surface area contributed by atoms with Gasteiger partial charge in [0.2, 0.25) is 11.8 Å². The first-order chi connectivity index (χ1) is 17.5. The summed E-state index contributed by atoms with van der Waals surface area (Å²) in [7, 11) is 1.58. The van der Waals surface area contributed by atoms with E-state index in [9.17, 15) is 9.59 Å². The van der Waals surface area contributed by atoms with Gasteiger partial charge in [-0.3, -0.25) is 9.59 Å². The molecule has 0 heterocycles. The lowest BCUT2D eigenvalue weighted by atomic mass is 10.0. The van der Waals surface area contributed by atoms with Gasteiger partial charge in [0.15, 0.2) is 11.5 Å². The van der Waals surface area contributed by atoms with Crippen LogP contribution in [0.1, 0.15) is 74.6 Å². The number of hydrogen-bond acceptors (Lipinski definition) is 4. The first-order valence-electron chi connectivity index (χ1n) is 13.0. The Morgan fingerprint density at radius 2 is 1.75 bits per heavy atom. The summed E-state index contributed by atoms with van der Waals surface area (Å²) in [5, 5.41) is 3.25. The standard InChI is InChI=1S/C29H39ClN2O4/c1-4-17-36-25-16-15-23(18-26(25)35-3)28(29(34)31-24-9-7-5-6-8-10-24)32(27(33)19-30)20-22-13-11-21(2)12-14-22/h11-16,18,24,28H,4-10,17,19-20H2,1-3H3,(H,31,34). The van der Waals surface area contributed by atoms with E-state index in [1.165, 1.54) is 12.8 Å². The third-order valence-electron chi connectivity index (χ3n) is 6.63. The molecule has 1 atom stereocenters. The predicted octanol–water partition coefficient (Wildman–Crippen LogP) is 5.94. The summed E-state index contributed by atoms with van der Waals surface area (Å²) in [6.07, 6.45) is 7.35. The number of benzene rings is 2. The van der Waals surface area contributed by atoms with E-state index in [0.717, 1.165) is 43.2 Å². The molecular formula is C29H39ClN2O4. The smallest absolute Gasteiger partial charge is 0.247 e. The van der Waals surface area contributed by atoms with Crippen LogP contribution in [0.3, 0.4) is 0 Å². The largest absolute Gasteiger partial charge is 0.493 e. The molecule has 1 aliphatic carbocycles. The Balaban J connectivity index is 1.99. The molecule has 6 nitrogen and oxygen atoms in total. The first kappa shape index (κ1) is 27.9. The van der Waals surface area contributed by atoms with Crippen LogP contribution >= 0.6 is 11.6 Å². The molecule has 2 amide bonds. The number of carbonyl (C=O) groups excluding carboxylic acids is 2. The molecule has 0 spiro atoms. The summed E-state index contributed by atoms with van der Waals surface area (Å²) in [6.45, 7) is 4.88. The molecule has 0 bridgehead atoms. The normalized spacial score (nSPS) is 15.0. The number of alkyl halides is 1. The van der Waals surface area contributed by atoms with Crippen molar-refractivity contribution in [1.82, 2.24) is 10.2 Å². The molecule has 36 heavy (non-hydrogen) atoms. The summed E-state index contributed by atoms with van der Waals surface area (Å²) in [5.41, 5.74) is 2.72. The van der Waals surface area contributed by atoms with Crippen molar-refractivity contribution in [1.29, 1.82) is 0 Å². The Hall–Kier alpha value is -2.73. The second-order valence-corrected chi connectivity index (χ2v) is 9.77. The van der Waals surface area contributed by atoms with Crippen molar-refractivity contribution >= 4 is 23.4 Å². The van der Waals surface area contributed by atoms with E-state index in [4.69, 9.17) is 21.1 Å². The van der Waals surface area contributed by atoms with Gasteiger partial charge in [0.1, 0.15) is 11.9 Å². The Labute approximate surface area is 220 Å². The highest BCUT2D eigenvalue weighted by Crippen LogP contribution is 2.34. The van der Waals surface area contributed by atoms with Gasteiger partial charge in [0.05, 0.1) is 13.7 Å². The minimum atomic E-state index is -0.852. The number of rotatable bonds is 11. The van der Waals surface area contributed by atoms with Crippen molar-refractivity contribution < 1.29 is 19.1 Å². The molecule has 7 heteroatoms. The van der Waals surface area contributed by atoms with Crippen molar-refractivity contribution in [2.45, 2.75) is 77.4 Å². The monoisotopic (exact) mass is 514 g/mol. The number of hydrogen-bond donors (Lipinski definition) is 1. The molecule has 1 aliphatic rings. The van der Waals surface area contributed by atoms with Crippen molar-refractivity contribution in [3.8, 4) is 11.5 Å². The van der Waals surface area contributed by atoms with Crippen molar-refractivity contribution in [3.63, 3.8) is 0 Å². The number of aryl methyl sites for hydroxylation is 1. The minimum absolute atomic E-state index is 0.101. The van der Waals surface area contributed by atoms with Crippen LogP contribution in [-0.4, -0.2) is 42.4 Å². The highest BCUT2D eigenvalue weighted by atomic mass is 35.5. The predicted molar refractivity (Wildman–Crippen MR) is 144 cm³/mol. The van der Waals surface area contributed by atoms with E-state index in [1.807, 2.05) is 50.2 Å². The van der Waals surface area contributed by atoms with Gasteiger partial charge in [-0.05, 0) is 49.4 Å². The van der Waals surface area contributed by atoms with Crippen LogP contribution in [0.2, 0.25) is 0 Å². The molecule has 1 N–H and O–H groups in total. The second-order valence-electron chi connectivity index (χ2n) is 9.50. The van der Waals surface area contributed by atoms with Gasteiger partial charge in [-0.15, -0.1) is 11.6 Å². The molecule has 0 aromatic heterocycles. The number of halogens is 1. The number of methoxy groups -OCH3 is 1. The number of nitrogens with one attached hydrogen (secondary N) is 1. The Morgan fingerprint density at radius 1 is 1.06 bits per heavy atom. The van der Waals surface area contributed by atoms with Crippen molar-refractivity contribution in [3.05, 3.63) is 59.2 Å². The summed E-state index contributed by atoms with van der Waals surface area (Å²) >= 11 is 6.06. The topological polar surface area (TPSA) is 67.9 Å². The second kappa shape index (κ2) is 14.1. The zero-order valence-corrected chi connectivity index (χ0v) is 22.5. The maximum atomic E-state index is 13.9. The van der Waals surface area contributed by atoms with E-state index in [2.05, 4.69) is 5.32 Å². The van der Waals surface area contributed by atoms with Gasteiger partial charge in [-0.1, -0.05) is 68.5 Å². The van der Waals surface area contributed by atoms with Crippen LogP contribution in [0.25, 0.3) is 0 Å². The Kier molecular flexibility index (Phi) is 10.9. The van der Waals surface area contributed by atoms with Gasteiger partial charge < -0.3 is 19.7 Å². The zero-order valence-electron chi connectivity index (χ0n) is 21.7. The molecule has 3 rings (SSSR count). The third kappa shape index (κ3) is 7.63. The molecule has 2 aromatic rings. The Bertz CT molecular complexity index is 987. The number of nitrogens with zero attached hydrogens (tertiary/aromatic N) is 1. The van der Waals surface area contributed by atoms with E-state index in [0.29, 0.717) is 23.7 Å². The van der Waals surface area contributed by atoms with Crippen LogP contribution in [-0.2, 0) is 16.1 Å². The molecule has 1 saturated carbocycles. The fraction of sp³-hybridized carbons (Fsp3) is 0.517. The lowest BCUT2D eigenvalue weighted by Gasteiger charge is -2.32. The number of carbonyl (C=O) groups is 2. The van der Waals surface area contributed by atoms with Gasteiger partial charge in [0, 0.05) is 12.6 Å². The zero-order chi connectivity index (χ0) is 25.9. The summed E-state index contributed by atoms with van der Waals surface area (Å²) in [6, 6.07) is 12.7. The molecule has 1 fully saturated rings. The first-order valence-corrected chi connectivity index (χ1v) is 13.5. The van der Waals surface area contributed by atoms with E-state index >= 15 is 0 Å². The highest BCUT2D eigenvalue weighted by molar-refractivity contribution is 6.27. The fourth-order valence-electron chi connectivity index (χ4n) is 4.65. The molecular weight excluding hydrogens is 476 g/mol. The summed E-state index contributed by atoms with van der Waals surface area (Å²) in [4.78, 5) is 28.6. The number of amides is 2. The average molecular weight is 515 g/mol. The van der Waals surface area contributed by atoms with Crippen LogP contribution in [0, 0.1) is 6.92 Å². The maximum Gasteiger partial charge on any atom is 0.247 e. The molecule has 0 aliphatic heterocycles. The Morgan fingerprint density at radius 3 is 2.36 bits per heavy atom. The summed E-state index contributed by atoms with van der Waals surface area (Å²) < 4.78 is 11.4. The lowest BCUT2D eigenvalue weighted by molar-refractivity contribution is -0.140. The molecule has 196 valence electrons. The molecule has 0 saturated heterocycles.